The van der Waals surface area contributed by atoms with Gasteiger partial charge in [0.05, 0.1) is 19.7 Å². The minimum absolute atomic E-state index is 0. The Kier molecular flexibility index (Phi) is 12.1. The molecule has 0 radical (unpaired) electrons. The number of nitrogens with one attached hydrogen (secondary N) is 2. The average Bonchev–Trinajstić information content (AvgIpc) is 2.70. The summed E-state index contributed by atoms with van der Waals surface area (Å²) >= 11 is 0. The number of hydrogen-bond acceptors (Lipinski definition) is 3. The summed E-state index contributed by atoms with van der Waals surface area (Å²) in [5.74, 6) is 0.619. The maximum Gasteiger partial charge on any atom is 0.411 e. The highest BCUT2D eigenvalue weighted by Crippen LogP contribution is 2.16. The van der Waals surface area contributed by atoms with E-state index in [4.69, 9.17) is 0 Å². The molecular formula is C20H30F3IN4O2. The van der Waals surface area contributed by atoms with Crippen LogP contribution in [0.5, 0.6) is 0 Å². The fourth-order valence-electron chi connectivity index (χ4n) is 2.95. The molecule has 0 bridgehead atoms. The average molecular weight is 542 g/mol. The topological polar surface area (TPSA) is 66.0 Å². The van der Waals surface area contributed by atoms with Gasteiger partial charge in [-0.3, -0.25) is 4.79 Å². The SMILES string of the molecule is CCNC(=NCc1ccc(COCC(F)(F)F)cc1)NCC(=O)N1CCCCC1.I. The first-order valence-electron chi connectivity index (χ1n) is 9.89. The zero-order chi connectivity index (χ0) is 21.1. The molecule has 0 unspecified atom stereocenters. The van der Waals surface area contributed by atoms with Crippen molar-refractivity contribution >= 4 is 35.8 Å². The standard InChI is InChI=1S/C20H29F3N4O2.HI/c1-2-24-19(26-13-18(28)27-10-4-3-5-11-27)25-12-16-6-8-17(9-7-16)14-29-15-20(21,22)23;/h6-9H,2-5,10-15H2,1H3,(H2,24,25,26);1H. The summed E-state index contributed by atoms with van der Waals surface area (Å²) in [7, 11) is 0. The van der Waals surface area contributed by atoms with Crippen molar-refractivity contribution in [1.29, 1.82) is 0 Å². The van der Waals surface area contributed by atoms with E-state index in [2.05, 4.69) is 20.4 Å². The second-order valence-corrected chi connectivity index (χ2v) is 6.91. The molecule has 30 heavy (non-hydrogen) atoms. The van der Waals surface area contributed by atoms with E-state index >= 15 is 0 Å². The van der Waals surface area contributed by atoms with Gasteiger partial charge in [-0.2, -0.15) is 13.2 Å². The van der Waals surface area contributed by atoms with E-state index in [0.717, 1.165) is 31.5 Å². The van der Waals surface area contributed by atoms with Crippen molar-refractivity contribution in [2.75, 3.05) is 32.8 Å². The first-order valence-corrected chi connectivity index (χ1v) is 9.89. The molecule has 1 aliphatic heterocycles. The van der Waals surface area contributed by atoms with Gasteiger partial charge in [0, 0.05) is 19.6 Å². The number of carbonyl (C=O) groups is 1. The van der Waals surface area contributed by atoms with Crippen molar-refractivity contribution in [3.63, 3.8) is 0 Å². The molecule has 10 heteroatoms. The molecule has 0 saturated carbocycles. The molecule has 170 valence electrons. The Balaban J connectivity index is 0.00000450. The molecular weight excluding hydrogens is 512 g/mol. The van der Waals surface area contributed by atoms with Crippen molar-refractivity contribution in [2.24, 2.45) is 4.99 Å². The van der Waals surface area contributed by atoms with E-state index in [0.29, 0.717) is 24.6 Å². The third-order valence-corrected chi connectivity index (χ3v) is 4.44. The molecule has 2 N–H and O–H groups in total. The van der Waals surface area contributed by atoms with Crippen molar-refractivity contribution in [3.8, 4) is 0 Å². The smallest absolute Gasteiger partial charge is 0.367 e. The van der Waals surface area contributed by atoms with Gasteiger partial charge in [-0.25, -0.2) is 4.99 Å². The van der Waals surface area contributed by atoms with Gasteiger partial charge in [0.15, 0.2) is 5.96 Å². The van der Waals surface area contributed by atoms with Crippen LogP contribution >= 0.6 is 24.0 Å². The quantitative estimate of drug-likeness (QED) is 0.300. The van der Waals surface area contributed by atoms with Crippen molar-refractivity contribution in [2.45, 2.75) is 45.5 Å². The normalized spacial score (nSPS) is 14.8. The zero-order valence-corrected chi connectivity index (χ0v) is 19.5. The highest BCUT2D eigenvalue weighted by atomic mass is 127. The van der Waals surface area contributed by atoms with E-state index in [1.165, 1.54) is 6.42 Å². The van der Waals surface area contributed by atoms with Crippen LogP contribution in [-0.2, 0) is 22.7 Å². The molecule has 1 aliphatic rings. The fraction of sp³-hybridized carbons (Fsp3) is 0.600. The number of benzene rings is 1. The van der Waals surface area contributed by atoms with Gasteiger partial charge < -0.3 is 20.3 Å². The summed E-state index contributed by atoms with van der Waals surface area (Å²) in [5, 5.41) is 6.17. The molecule has 1 heterocycles. The second kappa shape index (κ2) is 13.7. The summed E-state index contributed by atoms with van der Waals surface area (Å²) in [5.41, 5.74) is 1.57. The third kappa shape index (κ3) is 10.5. The molecule has 1 fully saturated rings. The summed E-state index contributed by atoms with van der Waals surface area (Å²) in [4.78, 5) is 18.6. The number of carbonyl (C=O) groups excluding carboxylic acids is 1. The monoisotopic (exact) mass is 542 g/mol. The number of guanidine groups is 1. The minimum atomic E-state index is -4.32. The minimum Gasteiger partial charge on any atom is -0.367 e. The van der Waals surface area contributed by atoms with Crippen LogP contribution < -0.4 is 10.6 Å². The molecule has 0 spiro atoms. The molecule has 0 aliphatic carbocycles. The number of halogens is 4. The highest BCUT2D eigenvalue weighted by Gasteiger charge is 2.27. The fourth-order valence-corrected chi connectivity index (χ4v) is 2.95. The molecule has 1 aromatic rings. The second-order valence-electron chi connectivity index (χ2n) is 6.91. The lowest BCUT2D eigenvalue weighted by atomic mass is 10.1. The summed E-state index contributed by atoms with van der Waals surface area (Å²) in [6.07, 6.45) is -1.04. The van der Waals surface area contributed by atoms with Gasteiger partial charge in [-0.1, -0.05) is 24.3 Å². The van der Waals surface area contributed by atoms with Gasteiger partial charge in [-0.15, -0.1) is 24.0 Å². The number of rotatable bonds is 8. The first kappa shape index (κ1) is 26.5. The molecule has 0 aromatic heterocycles. The lowest BCUT2D eigenvalue weighted by Crippen LogP contribution is -2.46. The van der Waals surface area contributed by atoms with Crippen LogP contribution in [0.25, 0.3) is 0 Å². The lowest BCUT2D eigenvalue weighted by molar-refractivity contribution is -0.176. The summed E-state index contributed by atoms with van der Waals surface area (Å²) in [6.45, 7) is 3.47. The molecule has 1 saturated heterocycles. The Hall–Kier alpha value is -1.56. The Morgan fingerprint density at radius 2 is 1.73 bits per heavy atom. The highest BCUT2D eigenvalue weighted by molar-refractivity contribution is 14.0. The van der Waals surface area contributed by atoms with Gasteiger partial charge in [0.25, 0.3) is 0 Å². The molecule has 1 amide bonds. The first-order chi connectivity index (χ1) is 13.9. The molecule has 6 nitrogen and oxygen atoms in total. The molecule has 1 aromatic carbocycles. The number of ether oxygens (including phenoxy) is 1. The largest absolute Gasteiger partial charge is 0.411 e. The number of piperidine rings is 1. The summed E-state index contributed by atoms with van der Waals surface area (Å²) in [6, 6.07) is 7.05. The lowest BCUT2D eigenvalue weighted by Gasteiger charge is -2.27. The maximum atomic E-state index is 12.3. The van der Waals surface area contributed by atoms with Crippen LogP contribution in [0, 0.1) is 0 Å². The van der Waals surface area contributed by atoms with Crippen LogP contribution in [0.2, 0.25) is 0 Å². The van der Waals surface area contributed by atoms with Crippen LogP contribution in [0.15, 0.2) is 29.3 Å². The summed E-state index contributed by atoms with van der Waals surface area (Å²) < 4.78 is 41.0. The maximum absolute atomic E-state index is 12.3. The number of alkyl halides is 3. The van der Waals surface area contributed by atoms with Crippen molar-refractivity contribution in [1.82, 2.24) is 15.5 Å². The predicted octanol–water partition coefficient (Wildman–Crippen LogP) is 3.45. The van der Waals surface area contributed by atoms with E-state index in [-0.39, 0.29) is 43.0 Å². The van der Waals surface area contributed by atoms with E-state index in [1.54, 1.807) is 24.3 Å². The van der Waals surface area contributed by atoms with Gasteiger partial charge in [0.1, 0.15) is 6.61 Å². The van der Waals surface area contributed by atoms with Crippen LogP contribution in [0.3, 0.4) is 0 Å². The Morgan fingerprint density at radius 1 is 1.10 bits per heavy atom. The number of nitrogens with zero attached hydrogens (tertiary/aromatic N) is 2. The zero-order valence-electron chi connectivity index (χ0n) is 17.1. The Morgan fingerprint density at radius 3 is 2.33 bits per heavy atom. The van der Waals surface area contributed by atoms with Crippen LogP contribution in [0.1, 0.15) is 37.3 Å². The number of amides is 1. The van der Waals surface area contributed by atoms with Crippen molar-refractivity contribution < 1.29 is 22.7 Å². The third-order valence-electron chi connectivity index (χ3n) is 4.44. The Bertz CT molecular complexity index is 663. The van der Waals surface area contributed by atoms with Gasteiger partial charge >= 0.3 is 6.18 Å². The van der Waals surface area contributed by atoms with Crippen molar-refractivity contribution in [3.05, 3.63) is 35.4 Å². The predicted molar refractivity (Wildman–Crippen MR) is 121 cm³/mol. The van der Waals surface area contributed by atoms with Gasteiger partial charge in [-0.05, 0) is 37.3 Å². The van der Waals surface area contributed by atoms with E-state index < -0.39 is 12.8 Å². The molecule has 0 atom stereocenters. The van der Waals surface area contributed by atoms with E-state index in [1.807, 2.05) is 11.8 Å². The molecule has 2 rings (SSSR count). The number of likely N-dealkylation sites (tertiary alicyclic amines) is 1. The van der Waals surface area contributed by atoms with Crippen LogP contribution in [-0.4, -0.2) is 55.7 Å². The van der Waals surface area contributed by atoms with Gasteiger partial charge in [0.2, 0.25) is 5.91 Å². The number of hydrogen-bond donors (Lipinski definition) is 2. The number of aliphatic imine (C=N–C) groups is 1. The van der Waals surface area contributed by atoms with Crippen LogP contribution in [0.4, 0.5) is 13.2 Å². The van der Waals surface area contributed by atoms with E-state index in [9.17, 15) is 18.0 Å². The Labute approximate surface area is 192 Å².